The number of nitrogens with zero attached hydrogens (tertiary/aromatic N) is 1. The van der Waals surface area contributed by atoms with E-state index in [-0.39, 0.29) is 11.7 Å². The van der Waals surface area contributed by atoms with Crippen molar-refractivity contribution >= 4 is 23.0 Å². The summed E-state index contributed by atoms with van der Waals surface area (Å²) in [4.78, 5) is 26.6. The zero-order valence-electron chi connectivity index (χ0n) is 14.7. The average Bonchev–Trinajstić information content (AvgIpc) is 3.11. The molecule has 0 aliphatic carbocycles. The predicted molar refractivity (Wildman–Crippen MR) is 99.6 cm³/mol. The first-order chi connectivity index (χ1) is 12.0. The summed E-state index contributed by atoms with van der Waals surface area (Å²) in [5.74, 6) is 1.23. The van der Waals surface area contributed by atoms with Crippen LogP contribution in [0.15, 0.2) is 35.7 Å². The van der Waals surface area contributed by atoms with Crippen LogP contribution in [0.25, 0.3) is 0 Å². The lowest BCUT2D eigenvalue weighted by atomic mass is 9.98. The number of aryl methyl sites for hydroxylation is 1. The molecule has 1 aromatic carbocycles. The molecule has 1 fully saturated rings. The second-order valence-corrected chi connectivity index (χ2v) is 7.55. The number of benzene rings is 1. The van der Waals surface area contributed by atoms with Gasteiger partial charge < -0.3 is 9.64 Å². The van der Waals surface area contributed by atoms with Gasteiger partial charge in [-0.1, -0.05) is 17.7 Å². The van der Waals surface area contributed by atoms with Gasteiger partial charge in [-0.05, 0) is 44.9 Å². The molecule has 25 heavy (non-hydrogen) atoms. The van der Waals surface area contributed by atoms with Crippen LogP contribution in [-0.4, -0.2) is 36.3 Å². The van der Waals surface area contributed by atoms with E-state index in [9.17, 15) is 9.59 Å². The van der Waals surface area contributed by atoms with Crippen molar-refractivity contribution in [2.24, 2.45) is 5.92 Å². The lowest BCUT2D eigenvalue weighted by Gasteiger charge is -2.32. The molecule has 132 valence electrons. The molecule has 2 aromatic rings. The second kappa shape index (κ2) is 7.83. The molecule has 0 spiro atoms. The van der Waals surface area contributed by atoms with Crippen LogP contribution in [0, 0.1) is 12.8 Å². The highest BCUT2D eigenvalue weighted by molar-refractivity contribution is 7.12. The van der Waals surface area contributed by atoms with Crippen molar-refractivity contribution in [2.75, 3.05) is 19.7 Å². The van der Waals surface area contributed by atoms with E-state index in [0.29, 0.717) is 29.5 Å². The number of Topliss-reactive ketones (excluding diaryl/α,β-unsaturated/α-hetero) is 1. The molecule has 0 radical (unpaired) electrons. The summed E-state index contributed by atoms with van der Waals surface area (Å²) in [6.45, 7) is 5.67. The number of likely N-dealkylation sites (tertiary alicyclic amines) is 1. The van der Waals surface area contributed by atoms with E-state index in [1.54, 1.807) is 11.4 Å². The van der Waals surface area contributed by atoms with Crippen LogP contribution in [0.3, 0.4) is 0 Å². The van der Waals surface area contributed by atoms with Gasteiger partial charge in [0.25, 0.3) is 5.91 Å². The van der Waals surface area contributed by atoms with E-state index in [0.717, 1.165) is 25.1 Å². The Morgan fingerprint density at radius 1 is 1.28 bits per heavy atom. The number of carbonyl (C=O) groups is 2. The summed E-state index contributed by atoms with van der Waals surface area (Å²) in [5.41, 5.74) is 1.83. The minimum absolute atomic E-state index is 0.00654. The second-order valence-electron chi connectivity index (χ2n) is 6.64. The highest BCUT2D eigenvalue weighted by Gasteiger charge is 2.25. The molecule has 1 saturated heterocycles. The molecule has 0 bridgehead atoms. The fraction of sp³-hybridized carbons (Fsp3) is 0.400. The standard InChI is InChI=1S/C20H23NO3S/c1-14-5-7-18(8-6-14)24-12-16-4-3-9-21(11-16)20(23)17-10-19(15(2)22)25-13-17/h5-8,10,13,16H,3-4,9,11-12H2,1-2H3. The van der Waals surface area contributed by atoms with Crippen LogP contribution >= 0.6 is 11.3 Å². The van der Waals surface area contributed by atoms with Crippen molar-refractivity contribution in [2.45, 2.75) is 26.7 Å². The summed E-state index contributed by atoms with van der Waals surface area (Å²) < 4.78 is 5.89. The Balaban J connectivity index is 1.57. The van der Waals surface area contributed by atoms with Crippen LogP contribution in [0.4, 0.5) is 0 Å². The van der Waals surface area contributed by atoms with Gasteiger partial charge in [-0.3, -0.25) is 9.59 Å². The Morgan fingerprint density at radius 2 is 2.04 bits per heavy atom. The first-order valence-electron chi connectivity index (χ1n) is 8.61. The van der Waals surface area contributed by atoms with Gasteiger partial charge in [-0.15, -0.1) is 11.3 Å². The van der Waals surface area contributed by atoms with Crippen molar-refractivity contribution in [3.63, 3.8) is 0 Å². The molecule has 0 N–H and O–H groups in total. The number of amides is 1. The quantitative estimate of drug-likeness (QED) is 0.754. The third-order valence-corrected chi connectivity index (χ3v) is 5.54. The summed E-state index contributed by atoms with van der Waals surface area (Å²) in [6.07, 6.45) is 2.05. The monoisotopic (exact) mass is 357 g/mol. The van der Waals surface area contributed by atoms with Crippen molar-refractivity contribution in [3.05, 3.63) is 51.7 Å². The normalized spacial score (nSPS) is 17.4. The minimum Gasteiger partial charge on any atom is -0.493 e. The van der Waals surface area contributed by atoms with Crippen LogP contribution < -0.4 is 4.74 Å². The molecule has 1 amide bonds. The van der Waals surface area contributed by atoms with E-state index in [1.807, 2.05) is 29.2 Å². The summed E-state index contributed by atoms with van der Waals surface area (Å²) in [5, 5.41) is 1.78. The third-order valence-electron chi connectivity index (χ3n) is 4.51. The molecule has 1 aliphatic rings. The van der Waals surface area contributed by atoms with Crippen LogP contribution in [0.5, 0.6) is 5.75 Å². The van der Waals surface area contributed by atoms with Crippen molar-refractivity contribution in [3.8, 4) is 5.75 Å². The SMILES string of the molecule is CC(=O)c1cc(C(=O)N2CCCC(COc3ccc(C)cc3)C2)cs1. The van der Waals surface area contributed by atoms with Crippen LogP contribution in [-0.2, 0) is 0 Å². The van der Waals surface area contributed by atoms with Crippen molar-refractivity contribution < 1.29 is 14.3 Å². The number of rotatable bonds is 5. The zero-order chi connectivity index (χ0) is 17.8. The number of carbonyl (C=O) groups excluding carboxylic acids is 2. The van der Waals surface area contributed by atoms with Crippen LogP contribution in [0.1, 0.15) is 45.4 Å². The van der Waals surface area contributed by atoms with Crippen molar-refractivity contribution in [1.82, 2.24) is 4.90 Å². The summed E-state index contributed by atoms with van der Waals surface area (Å²) >= 11 is 1.34. The number of hydrogen-bond donors (Lipinski definition) is 0. The molecule has 3 rings (SSSR count). The first kappa shape index (κ1) is 17.7. The zero-order valence-corrected chi connectivity index (χ0v) is 15.5. The fourth-order valence-corrected chi connectivity index (χ4v) is 3.83. The van der Waals surface area contributed by atoms with E-state index in [2.05, 4.69) is 6.92 Å². The number of hydrogen-bond acceptors (Lipinski definition) is 4. The Bertz CT molecular complexity index is 751. The number of ether oxygens (including phenoxy) is 1. The molecule has 2 heterocycles. The van der Waals surface area contributed by atoms with Gasteiger partial charge in [0.2, 0.25) is 0 Å². The van der Waals surface area contributed by atoms with E-state index in [4.69, 9.17) is 4.74 Å². The van der Waals surface area contributed by atoms with Gasteiger partial charge in [0.1, 0.15) is 5.75 Å². The van der Waals surface area contributed by atoms with Crippen LogP contribution in [0.2, 0.25) is 0 Å². The number of piperidine rings is 1. The molecule has 5 heteroatoms. The molecule has 0 saturated carbocycles. The van der Waals surface area contributed by atoms with Gasteiger partial charge in [-0.2, -0.15) is 0 Å². The molecular formula is C20H23NO3S. The minimum atomic E-state index is 0.00654. The highest BCUT2D eigenvalue weighted by atomic mass is 32.1. The highest BCUT2D eigenvalue weighted by Crippen LogP contribution is 2.23. The number of ketones is 1. The average molecular weight is 357 g/mol. The molecule has 1 aromatic heterocycles. The lowest BCUT2D eigenvalue weighted by Crippen LogP contribution is -2.41. The Labute approximate surface area is 152 Å². The molecular weight excluding hydrogens is 334 g/mol. The van der Waals surface area contributed by atoms with Gasteiger partial charge in [0, 0.05) is 24.4 Å². The fourth-order valence-electron chi connectivity index (χ4n) is 3.05. The van der Waals surface area contributed by atoms with E-state index < -0.39 is 0 Å². The molecule has 1 aliphatic heterocycles. The number of thiophene rings is 1. The predicted octanol–water partition coefficient (Wildman–Crippen LogP) is 4.19. The first-order valence-corrected chi connectivity index (χ1v) is 9.49. The Hall–Kier alpha value is -2.14. The van der Waals surface area contributed by atoms with Gasteiger partial charge in [-0.25, -0.2) is 0 Å². The van der Waals surface area contributed by atoms with Gasteiger partial charge in [0.15, 0.2) is 5.78 Å². The summed E-state index contributed by atoms with van der Waals surface area (Å²) in [6, 6.07) is 9.75. The van der Waals surface area contributed by atoms with Crippen molar-refractivity contribution in [1.29, 1.82) is 0 Å². The van der Waals surface area contributed by atoms with E-state index >= 15 is 0 Å². The van der Waals surface area contributed by atoms with Gasteiger partial charge >= 0.3 is 0 Å². The Morgan fingerprint density at radius 3 is 2.72 bits per heavy atom. The maximum absolute atomic E-state index is 12.7. The molecule has 4 nitrogen and oxygen atoms in total. The smallest absolute Gasteiger partial charge is 0.254 e. The topological polar surface area (TPSA) is 46.6 Å². The van der Waals surface area contributed by atoms with Gasteiger partial charge in [0.05, 0.1) is 17.0 Å². The Kier molecular flexibility index (Phi) is 5.53. The van der Waals surface area contributed by atoms with E-state index in [1.165, 1.54) is 23.8 Å². The summed E-state index contributed by atoms with van der Waals surface area (Å²) in [7, 11) is 0. The maximum atomic E-state index is 12.7. The third kappa shape index (κ3) is 4.48. The largest absolute Gasteiger partial charge is 0.493 e. The lowest BCUT2D eigenvalue weighted by molar-refractivity contribution is 0.0634. The molecule has 1 atom stereocenters. The maximum Gasteiger partial charge on any atom is 0.254 e. The molecule has 1 unspecified atom stereocenters.